The fraction of sp³-hybridized carbons (Fsp3) is 0.800. The predicted molar refractivity (Wildman–Crippen MR) is 102 cm³/mol. The van der Waals surface area contributed by atoms with Crippen LogP contribution in [0.1, 0.15) is 81.6 Å². The van der Waals surface area contributed by atoms with Crippen LogP contribution in [-0.2, 0) is 4.43 Å². The van der Waals surface area contributed by atoms with Gasteiger partial charge in [0.1, 0.15) is 0 Å². The lowest BCUT2D eigenvalue weighted by molar-refractivity contribution is 0.443. The second-order valence-electron chi connectivity index (χ2n) is 7.49. The average Bonchev–Trinajstić information content (AvgIpc) is 2.42. The van der Waals surface area contributed by atoms with Gasteiger partial charge in [0.15, 0.2) is 0 Å². The Morgan fingerprint density at radius 1 is 1.05 bits per heavy atom. The van der Waals surface area contributed by atoms with Gasteiger partial charge in [0.25, 0.3) is 8.32 Å². The maximum Gasteiger partial charge on any atom is 0.272 e. The third-order valence-corrected chi connectivity index (χ3v) is 10.8. The van der Waals surface area contributed by atoms with Gasteiger partial charge in [-0.05, 0) is 43.3 Å². The number of hydrogen-bond donors (Lipinski definition) is 0. The molecule has 0 rings (SSSR count). The first kappa shape index (κ1) is 21.3. The zero-order valence-electron chi connectivity index (χ0n) is 16.4. The van der Waals surface area contributed by atoms with Crippen molar-refractivity contribution < 1.29 is 4.43 Å². The minimum Gasteiger partial charge on any atom is -0.500 e. The summed E-state index contributed by atoms with van der Waals surface area (Å²) in [6, 6.07) is 0. The van der Waals surface area contributed by atoms with Crippen molar-refractivity contribution in [2.24, 2.45) is 5.92 Å². The first-order chi connectivity index (χ1) is 10.2. The summed E-state index contributed by atoms with van der Waals surface area (Å²) in [6.07, 6.45) is 8.77. The minimum atomic E-state index is -1.85. The summed E-state index contributed by atoms with van der Waals surface area (Å²) in [4.78, 5) is 0. The first-order valence-corrected chi connectivity index (χ1v) is 11.2. The molecule has 0 aliphatic carbocycles. The summed E-state index contributed by atoms with van der Waals surface area (Å²) in [5.41, 5.74) is 3.18. The summed E-state index contributed by atoms with van der Waals surface area (Å²) in [5.74, 6) is 3.86. The number of allylic oxidation sites excluding steroid dienone is 2. The van der Waals surface area contributed by atoms with E-state index in [1.54, 1.807) is 0 Å². The molecule has 1 nitrogen and oxygen atoms in total. The molecule has 0 amide bonds. The molecular weight excluding hydrogens is 284 g/mol. The Hall–Kier alpha value is -0.683. The molecule has 22 heavy (non-hydrogen) atoms. The van der Waals surface area contributed by atoms with Crippen LogP contribution in [0.2, 0.25) is 16.6 Å². The fourth-order valence-electron chi connectivity index (χ4n) is 3.63. The van der Waals surface area contributed by atoms with Gasteiger partial charge in [-0.1, -0.05) is 72.5 Å². The maximum absolute atomic E-state index is 6.36. The van der Waals surface area contributed by atoms with Gasteiger partial charge >= 0.3 is 0 Å². The number of rotatable bonds is 8. The molecule has 0 aliphatic heterocycles. The summed E-state index contributed by atoms with van der Waals surface area (Å²) >= 11 is 0. The SMILES string of the molecule is CC=C(C)CC(C#CO[Si](C(C)C)(C(C)C)C(C)C)CCC. The molecule has 0 saturated heterocycles. The molecule has 2 heteroatoms. The van der Waals surface area contributed by atoms with Gasteiger partial charge < -0.3 is 4.43 Å². The lowest BCUT2D eigenvalue weighted by Crippen LogP contribution is -2.46. The second-order valence-corrected chi connectivity index (χ2v) is 12.9. The van der Waals surface area contributed by atoms with Gasteiger partial charge in [0.2, 0.25) is 0 Å². The highest BCUT2D eigenvalue weighted by atomic mass is 28.4. The Labute approximate surface area is 141 Å². The van der Waals surface area contributed by atoms with E-state index in [1.165, 1.54) is 12.0 Å². The monoisotopic (exact) mass is 322 g/mol. The predicted octanol–water partition coefficient (Wildman–Crippen LogP) is 6.91. The van der Waals surface area contributed by atoms with Crippen molar-refractivity contribution in [3.63, 3.8) is 0 Å². The quantitative estimate of drug-likeness (QED) is 0.268. The van der Waals surface area contributed by atoms with E-state index in [2.05, 4.69) is 80.4 Å². The third kappa shape index (κ3) is 5.84. The van der Waals surface area contributed by atoms with Crippen LogP contribution >= 0.6 is 0 Å². The lowest BCUT2D eigenvalue weighted by Gasteiger charge is -2.39. The molecule has 128 valence electrons. The molecule has 0 aromatic rings. The molecule has 0 spiro atoms. The summed E-state index contributed by atoms with van der Waals surface area (Å²) in [7, 11) is -1.85. The summed E-state index contributed by atoms with van der Waals surface area (Å²) < 4.78 is 6.36. The van der Waals surface area contributed by atoms with Crippen LogP contribution in [0.25, 0.3) is 0 Å². The van der Waals surface area contributed by atoms with E-state index < -0.39 is 8.32 Å². The average molecular weight is 323 g/mol. The third-order valence-electron chi connectivity index (χ3n) is 4.90. The van der Waals surface area contributed by atoms with Crippen molar-refractivity contribution in [3.05, 3.63) is 11.6 Å². The Kier molecular flexibility index (Phi) is 9.84. The molecule has 0 fully saturated rings. The van der Waals surface area contributed by atoms with Gasteiger partial charge in [0.05, 0.1) is 6.11 Å². The molecule has 0 N–H and O–H groups in total. The van der Waals surface area contributed by atoms with E-state index in [1.807, 2.05) is 0 Å². The highest BCUT2D eigenvalue weighted by Crippen LogP contribution is 2.41. The van der Waals surface area contributed by atoms with Crippen molar-refractivity contribution in [1.29, 1.82) is 0 Å². The van der Waals surface area contributed by atoms with E-state index in [0.29, 0.717) is 22.5 Å². The van der Waals surface area contributed by atoms with Crippen LogP contribution in [0.15, 0.2) is 11.6 Å². The molecule has 0 radical (unpaired) electrons. The lowest BCUT2D eigenvalue weighted by atomic mass is 9.96. The van der Waals surface area contributed by atoms with E-state index in [9.17, 15) is 0 Å². The van der Waals surface area contributed by atoms with Crippen LogP contribution in [0.3, 0.4) is 0 Å². The van der Waals surface area contributed by atoms with Gasteiger partial charge in [-0.3, -0.25) is 0 Å². The Bertz CT molecular complexity index is 374. The molecule has 0 aliphatic rings. The highest BCUT2D eigenvalue weighted by molar-refractivity contribution is 6.77. The zero-order chi connectivity index (χ0) is 17.3. The molecule has 0 aromatic carbocycles. The van der Waals surface area contributed by atoms with Crippen molar-refractivity contribution in [1.82, 2.24) is 0 Å². The van der Waals surface area contributed by atoms with Crippen LogP contribution in [-0.4, -0.2) is 8.32 Å². The second kappa shape index (κ2) is 10.2. The molecule has 0 saturated carbocycles. The standard InChI is InChI=1S/C20H38OSi/c1-10-12-20(15-19(9)11-2)13-14-21-22(16(3)4,17(5)6)18(7)8/h11,16-18,20H,10,12,15H2,1-9H3. The van der Waals surface area contributed by atoms with E-state index in [0.717, 1.165) is 12.8 Å². The minimum absolute atomic E-state index is 0.430. The molecule has 1 unspecified atom stereocenters. The van der Waals surface area contributed by atoms with Gasteiger partial charge in [0, 0.05) is 5.92 Å². The summed E-state index contributed by atoms with van der Waals surface area (Å²) in [5, 5.41) is 0. The van der Waals surface area contributed by atoms with E-state index >= 15 is 0 Å². The molecule has 0 bridgehead atoms. The fourth-order valence-corrected chi connectivity index (χ4v) is 8.58. The topological polar surface area (TPSA) is 9.23 Å². The normalized spacial score (nSPS) is 14.3. The first-order valence-electron chi connectivity index (χ1n) is 9.02. The molecular formula is C20H38OSi. The van der Waals surface area contributed by atoms with Crippen molar-refractivity contribution in [2.45, 2.75) is 98.2 Å². The molecule has 1 atom stereocenters. The Morgan fingerprint density at radius 3 is 1.91 bits per heavy atom. The molecule has 0 aromatic heterocycles. The van der Waals surface area contributed by atoms with Crippen molar-refractivity contribution >= 4 is 8.32 Å². The van der Waals surface area contributed by atoms with E-state index in [-0.39, 0.29) is 0 Å². The Morgan fingerprint density at radius 2 is 1.55 bits per heavy atom. The van der Waals surface area contributed by atoms with Crippen LogP contribution in [0.4, 0.5) is 0 Å². The van der Waals surface area contributed by atoms with Gasteiger partial charge in [-0.15, -0.1) is 0 Å². The van der Waals surface area contributed by atoms with Crippen LogP contribution < -0.4 is 0 Å². The van der Waals surface area contributed by atoms with Gasteiger partial charge in [-0.2, -0.15) is 0 Å². The molecule has 0 heterocycles. The van der Waals surface area contributed by atoms with Crippen LogP contribution in [0, 0.1) is 17.9 Å². The Balaban J connectivity index is 5.18. The summed E-state index contributed by atoms with van der Waals surface area (Å²) in [6.45, 7) is 20.4. The van der Waals surface area contributed by atoms with Gasteiger partial charge in [-0.25, -0.2) is 0 Å². The van der Waals surface area contributed by atoms with Crippen molar-refractivity contribution in [2.75, 3.05) is 0 Å². The number of hydrogen-bond acceptors (Lipinski definition) is 1. The maximum atomic E-state index is 6.36. The smallest absolute Gasteiger partial charge is 0.272 e. The highest BCUT2D eigenvalue weighted by Gasteiger charge is 2.46. The van der Waals surface area contributed by atoms with Crippen LogP contribution in [0.5, 0.6) is 0 Å². The largest absolute Gasteiger partial charge is 0.500 e. The van der Waals surface area contributed by atoms with E-state index in [4.69, 9.17) is 4.43 Å². The zero-order valence-corrected chi connectivity index (χ0v) is 17.4. The van der Waals surface area contributed by atoms with Crippen molar-refractivity contribution in [3.8, 4) is 12.0 Å².